The van der Waals surface area contributed by atoms with Crippen molar-refractivity contribution < 1.29 is 0 Å². The number of anilines is 2. The fraction of sp³-hybridized carbons (Fsp3) is 0.250. The third-order valence-electron chi connectivity index (χ3n) is 3.88. The summed E-state index contributed by atoms with van der Waals surface area (Å²) in [5, 5.41) is 25.2. The van der Waals surface area contributed by atoms with Crippen LogP contribution in [-0.4, -0.2) is 33.2 Å². The number of nitrogen functional groups attached to an aromatic ring is 1. The lowest BCUT2D eigenvalue weighted by Crippen LogP contribution is -2.20. The zero-order valence-electron chi connectivity index (χ0n) is 13.2. The van der Waals surface area contributed by atoms with E-state index in [0.29, 0.717) is 30.0 Å². The van der Waals surface area contributed by atoms with Gasteiger partial charge in [-0.3, -0.25) is 9.50 Å². The van der Waals surface area contributed by atoms with E-state index in [1.165, 1.54) is 0 Å². The van der Waals surface area contributed by atoms with Gasteiger partial charge in [0.25, 0.3) is 0 Å². The van der Waals surface area contributed by atoms with Crippen LogP contribution in [0.25, 0.3) is 5.65 Å². The highest BCUT2D eigenvalue weighted by Gasteiger charge is 2.16. The first-order valence-electron chi connectivity index (χ1n) is 7.47. The second kappa shape index (κ2) is 6.31. The minimum absolute atomic E-state index is 0.230. The van der Waals surface area contributed by atoms with Gasteiger partial charge in [-0.25, -0.2) is 4.98 Å². The predicted molar refractivity (Wildman–Crippen MR) is 89.2 cm³/mol. The van der Waals surface area contributed by atoms with Gasteiger partial charge < -0.3 is 10.6 Å². The topological polar surface area (TPSA) is 123 Å². The molecule has 0 fully saturated rings. The molecule has 0 aliphatic rings. The maximum Gasteiger partial charge on any atom is 0.169 e. The fourth-order valence-electron chi connectivity index (χ4n) is 2.65. The zero-order valence-corrected chi connectivity index (χ0v) is 13.2. The van der Waals surface area contributed by atoms with Crippen molar-refractivity contribution in [1.82, 2.24) is 19.6 Å². The first-order valence-corrected chi connectivity index (χ1v) is 7.47. The number of fused-ring (bicyclic) bond motifs is 1. The molecule has 3 aromatic rings. The smallest absolute Gasteiger partial charge is 0.169 e. The van der Waals surface area contributed by atoms with Gasteiger partial charge in [-0.05, 0) is 25.0 Å². The Bertz CT molecular complexity index is 953. The summed E-state index contributed by atoms with van der Waals surface area (Å²) in [4.78, 5) is 6.46. The maximum atomic E-state index is 9.43. The lowest BCUT2D eigenvalue weighted by Gasteiger charge is -2.16. The average Bonchev–Trinajstić information content (AvgIpc) is 3.14. The second-order valence-electron chi connectivity index (χ2n) is 5.42. The Morgan fingerprint density at radius 3 is 2.92 bits per heavy atom. The van der Waals surface area contributed by atoms with E-state index in [0.717, 1.165) is 17.8 Å². The minimum Gasteiger partial charge on any atom is -0.381 e. The molecule has 0 bridgehead atoms. The van der Waals surface area contributed by atoms with Crippen LogP contribution in [0.2, 0.25) is 0 Å². The molecule has 8 heteroatoms. The van der Waals surface area contributed by atoms with Crippen LogP contribution in [0.5, 0.6) is 0 Å². The van der Waals surface area contributed by atoms with Crippen LogP contribution in [0.3, 0.4) is 0 Å². The van der Waals surface area contributed by atoms with Crippen molar-refractivity contribution in [3.63, 3.8) is 0 Å². The number of hydrogen-bond acceptors (Lipinski definition) is 6. The highest BCUT2D eigenvalue weighted by Crippen LogP contribution is 2.20. The second-order valence-corrected chi connectivity index (χ2v) is 5.42. The van der Waals surface area contributed by atoms with E-state index in [-0.39, 0.29) is 5.82 Å². The summed E-state index contributed by atoms with van der Waals surface area (Å²) in [5.41, 5.74) is 8.02. The molecule has 3 aromatic heterocycles. The molecule has 120 valence electrons. The van der Waals surface area contributed by atoms with Gasteiger partial charge in [-0.1, -0.05) is 6.07 Å². The Morgan fingerprint density at radius 1 is 1.33 bits per heavy atom. The number of rotatable bonds is 5. The average molecular weight is 320 g/mol. The van der Waals surface area contributed by atoms with Crippen molar-refractivity contribution in [2.45, 2.75) is 12.8 Å². The van der Waals surface area contributed by atoms with Crippen LogP contribution in [0.4, 0.5) is 11.6 Å². The molecule has 24 heavy (non-hydrogen) atoms. The Morgan fingerprint density at radius 2 is 2.17 bits per heavy atom. The van der Waals surface area contributed by atoms with Gasteiger partial charge in [0.15, 0.2) is 17.3 Å². The molecule has 0 aliphatic carbocycles. The van der Waals surface area contributed by atoms with E-state index in [1.807, 2.05) is 36.3 Å². The Balaban J connectivity index is 1.73. The molecule has 3 rings (SSSR count). The largest absolute Gasteiger partial charge is 0.381 e. The van der Waals surface area contributed by atoms with Crippen LogP contribution in [0.15, 0.2) is 24.4 Å². The highest BCUT2D eigenvalue weighted by atomic mass is 15.2. The number of imidazole rings is 1. The fourth-order valence-corrected chi connectivity index (χ4v) is 2.65. The quantitative estimate of drug-likeness (QED) is 0.733. The molecule has 0 aliphatic heterocycles. The van der Waals surface area contributed by atoms with Gasteiger partial charge in [0.05, 0.1) is 5.69 Å². The Labute approximate surface area is 138 Å². The third kappa shape index (κ3) is 2.61. The normalized spacial score (nSPS) is 10.5. The summed E-state index contributed by atoms with van der Waals surface area (Å²) in [5.74, 6) is 0.876. The number of H-pyrrole nitrogens is 1. The molecule has 8 nitrogen and oxygen atoms in total. The molecule has 0 saturated carbocycles. The minimum atomic E-state index is 0.230. The van der Waals surface area contributed by atoms with Crippen LogP contribution >= 0.6 is 0 Å². The summed E-state index contributed by atoms with van der Waals surface area (Å²) < 4.78 is 1.77. The zero-order chi connectivity index (χ0) is 17.1. The molecule has 0 spiro atoms. The number of hydrogen-bond donors (Lipinski definition) is 2. The molecule has 0 unspecified atom stereocenters. The van der Waals surface area contributed by atoms with E-state index in [4.69, 9.17) is 11.0 Å². The van der Waals surface area contributed by atoms with Gasteiger partial charge in [-0.2, -0.15) is 15.6 Å². The Kier molecular flexibility index (Phi) is 4.04. The lowest BCUT2D eigenvalue weighted by atomic mass is 10.1. The van der Waals surface area contributed by atoms with E-state index in [2.05, 4.69) is 27.3 Å². The van der Waals surface area contributed by atoms with Gasteiger partial charge in [0, 0.05) is 19.8 Å². The number of aromatic nitrogens is 4. The van der Waals surface area contributed by atoms with Crippen molar-refractivity contribution in [2.75, 3.05) is 24.2 Å². The summed E-state index contributed by atoms with van der Waals surface area (Å²) in [7, 11) is 1.90. The van der Waals surface area contributed by atoms with Crippen LogP contribution < -0.4 is 10.6 Å². The molecular formula is C16H16N8. The molecule has 0 radical (unpaired) electrons. The molecule has 0 aromatic carbocycles. The monoisotopic (exact) mass is 320 g/mol. The number of aryl methyl sites for hydroxylation is 1. The summed E-state index contributed by atoms with van der Waals surface area (Å²) in [6, 6.07) is 9.89. The van der Waals surface area contributed by atoms with Crippen LogP contribution in [0.1, 0.15) is 23.4 Å². The summed E-state index contributed by atoms with van der Waals surface area (Å²) in [6.07, 6.45) is 3.24. The van der Waals surface area contributed by atoms with Gasteiger partial charge >= 0.3 is 0 Å². The summed E-state index contributed by atoms with van der Waals surface area (Å²) >= 11 is 0. The molecule has 0 atom stereocenters. The van der Waals surface area contributed by atoms with Gasteiger partial charge in [-0.15, -0.1) is 0 Å². The number of nitrogens with one attached hydrogen (secondary N) is 1. The first kappa shape index (κ1) is 15.4. The number of pyridine rings is 1. The van der Waals surface area contributed by atoms with E-state index >= 15 is 0 Å². The van der Waals surface area contributed by atoms with Crippen molar-refractivity contribution >= 4 is 17.3 Å². The van der Waals surface area contributed by atoms with E-state index in [1.54, 1.807) is 4.40 Å². The number of nitriles is 2. The first-order chi connectivity index (χ1) is 11.7. The van der Waals surface area contributed by atoms with E-state index < -0.39 is 0 Å². The maximum absolute atomic E-state index is 9.43. The predicted octanol–water partition coefficient (Wildman–Crippen LogP) is 1.45. The van der Waals surface area contributed by atoms with Crippen LogP contribution in [-0.2, 0) is 6.42 Å². The number of aromatic amines is 1. The molecule has 3 heterocycles. The number of nitrogens with zero attached hydrogens (tertiary/aromatic N) is 6. The molecule has 0 saturated heterocycles. The lowest BCUT2D eigenvalue weighted by molar-refractivity contribution is 0.760. The standard InChI is InChI=1S/C16H16N8/c1-23(7-4-5-12-11(9-17)15(19)22-21-12)16-13(10-18)24-8-3-2-6-14(24)20-16/h2-3,6,8H,4-5,7H2,1H3,(H3,19,21,22). The van der Waals surface area contributed by atoms with Crippen molar-refractivity contribution in [2.24, 2.45) is 0 Å². The highest BCUT2D eigenvalue weighted by molar-refractivity contribution is 5.60. The van der Waals surface area contributed by atoms with Gasteiger partial charge in [0.2, 0.25) is 0 Å². The van der Waals surface area contributed by atoms with Gasteiger partial charge in [0.1, 0.15) is 23.3 Å². The van der Waals surface area contributed by atoms with E-state index in [9.17, 15) is 5.26 Å². The van der Waals surface area contributed by atoms with Crippen molar-refractivity contribution in [1.29, 1.82) is 10.5 Å². The SMILES string of the molecule is CN(CCCc1[nH]nc(N)c1C#N)c1nc2ccccn2c1C#N. The third-order valence-corrected chi connectivity index (χ3v) is 3.88. The van der Waals surface area contributed by atoms with Crippen molar-refractivity contribution in [3.05, 3.63) is 41.3 Å². The van der Waals surface area contributed by atoms with Crippen molar-refractivity contribution in [3.8, 4) is 12.1 Å². The molecule has 3 N–H and O–H groups in total. The molecular weight excluding hydrogens is 304 g/mol. The number of nitrogens with two attached hydrogens (primary N) is 1. The Hall–Kier alpha value is -3.52. The van der Waals surface area contributed by atoms with Crippen LogP contribution in [0, 0.1) is 22.7 Å². The summed E-state index contributed by atoms with van der Waals surface area (Å²) in [6.45, 7) is 0.683. The molecule has 0 amide bonds.